The highest BCUT2D eigenvalue weighted by Crippen LogP contribution is 2.38. The summed E-state index contributed by atoms with van der Waals surface area (Å²) in [4.78, 5) is 26.7. The first-order valence-corrected chi connectivity index (χ1v) is 6.63. The van der Waals surface area contributed by atoms with Gasteiger partial charge in [0, 0.05) is 6.20 Å². The van der Waals surface area contributed by atoms with Gasteiger partial charge in [-0.3, -0.25) is 9.78 Å². The maximum Gasteiger partial charge on any atom is 0.337 e. The van der Waals surface area contributed by atoms with Gasteiger partial charge < -0.3 is 10.4 Å². The number of carbonyl (C=O) groups is 2. The van der Waals surface area contributed by atoms with Crippen LogP contribution in [0, 0.1) is 0 Å². The van der Waals surface area contributed by atoms with Crippen molar-refractivity contribution in [3.05, 3.63) is 24.0 Å². The first-order chi connectivity index (χ1) is 8.51. The predicted molar refractivity (Wildman–Crippen MR) is 69.9 cm³/mol. The highest BCUT2D eigenvalue weighted by Gasteiger charge is 2.37. The first-order valence-electron chi connectivity index (χ1n) is 5.65. The third-order valence-electron chi connectivity index (χ3n) is 2.94. The van der Waals surface area contributed by atoms with Crippen LogP contribution in [-0.2, 0) is 4.79 Å². The molecule has 0 bridgehead atoms. The molecule has 2 N–H and O–H groups in total. The van der Waals surface area contributed by atoms with Crippen LogP contribution in [0.15, 0.2) is 18.5 Å². The van der Waals surface area contributed by atoms with Crippen molar-refractivity contribution in [2.45, 2.75) is 24.5 Å². The van der Waals surface area contributed by atoms with E-state index in [1.807, 2.05) is 6.92 Å². The molecule has 1 unspecified atom stereocenters. The molecule has 6 heteroatoms. The van der Waals surface area contributed by atoms with Crippen molar-refractivity contribution in [1.29, 1.82) is 0 Å². The second-order valence-corrected chi connectivity index (χ2v) is 6.00. The Morgan fingerprint density at radius 2 is 2.28 bits per heavy atom. The summed E-state index contributed by atoms with van der Waals surface area (Å²) < 4.78 is -0.417. The number of anilines is 1. The maximum atomic E-state index is 12.1. The molecular weight excluding hydrogens is 252 g/mol. The number of nitrogens with one attached hydrogen (secondary N) is 1. The number of hydrogen-bond donors (Lipinski definition) is 2. The first kappa shape index (κ1) is 12.9. The van der Waals surface area contributed by atoms with Gasteiger partial charge in [0.1, 0.15) is 0 Å². The molecule has 2 rings (SSSR count). The van der Waals surface area contributed by atoms with E-state index >= 15 is 0 Å². The Balaban J connectivity index is 2.11. The predicted octanol–water partition coefficient (Wildman–Crippen LogP) is 2.00. The minimum atomic E-state index is -1.06. The lowest BCUT2D eigenvalue weighted by Crippen LogP contribution is -2.34. The Labute approximate surface area is 109 Å². The molecule has 1 saturated heterocycles. The monoisotopic (exact) mass is 266 g/mol. The van der Waals surface area contributed by atoms with E-state index in [1.54, 1.807) is 11.8 Å². The summed E-state index contributed by atoms with van der Waals surface area (Å²) >= 11 is 1.63. The van der Waals surface area contributed by atoms with Crippen LogP contribution in [0.4, 0.5) is 5.69 Å². The highest BCUT2D eigenvalue weighted by atomic mass is 32.2. The van der Waals surface area contributed by atoms with E-state index in [1.165, 1.54) is 18.5 Å². The standard InChI is InChI=1S/C12H14N2O3S/c1-12(3-2-4-18-12)11(17)14-9-5-8(10(15)16)6-13-7-9/h5-7H,2-4H2,1H3,(H,14,17)(H,15,16). The molecule has 1 aromatic rings. The second-order valence-electron chi connectivity index (χ2n) is 4.40. The fraction of sp³-hybridized carbons (Fsp3) is 0.417. The number of hydrogen-bond acceptors (Lipinski definition) is 4. The SMILES string of the molecule is CC1(C(=O)Nc2cncc(C(=O)O)c2)CCCS1. The molecule has 0 aromatic carbocycles. The Morgan fingerprint density at radius 3 is 2.89 bits per heavy atom. The molecule has 0 spiro atoms. The highest BCUT2D eigenvalue weighted by molar-refractivity contribution is 8.01. The summed E-state index contributed by atoms with van der Waals surface area (Å²) in [6, 6.07) is 1.41. The van der Waals surface area contributed by atoms with E-state index in [0.717, 1.165) is 18.6 Å². The Bertz CT molecular complexity index is 484. The number of rotatable bonds is 3. The van der Waals surface area contributed by atoms with Crippen LogP contribution in [0.25, 0.3) is 0 Å². The molecule has 1 aromatic heterocycles. The van der Waals surface area contributed by atoms with Crippen molar-refractivity contribution < 1.29 is 14.7 Å². The fourth-order valence-corrected chi connectivity index (χ4v) is 3.06. The average molecular weight is 266 g/mol. The lowest BCUT2D eigenvalue weighted by molar-refractivity contribution is -0.118. The molecule has 1 aliphatic rings. The minimum Gasteiger partial charge on any atom is -0.478 e. The average Bonchev–Trinajstić information content (AvgIpc) is 2.78. The topological polar surface area (TPSA) is 79.3 Å². The summed E-state index contributed by atoms with van der Waals surface area (Å²) in [6.07, 6.45) is 4.58. The van der Waals surface area contributed by atoms with Crippen LogP contribution < -0.4 is 5.32 Å². The largest absolute Gasteiger partial charge is 0.478 e. The third-order valence-corrected chi connectivity index (χ3v) is 4.46. The summed E-state index contributed by atoms with van der Waals surface area (Å²) in [6.45, 7) is 1.91. The molecule has 1 fully saturated rings. The van der Waals surface area contributed by atoms with Crippen LogP contribution in [-0.4, -0.2) is 32.5 Å². The van der Waals surface area contributed by atoms with Crippen LogP contribution in [0.1, 0.15) is 30.1 Å². The van der Waals surface area contributed by atoms with Gasteiger partial charge in [-0.2, -0.15) is 0 Å². The number of aromatic carboxylic acids is 1. The normalized spacial score (nSPS) is 22.7. The van der Waals surface area contributed by atoms with Gasteiger partial charge in [-0.15, -0.1) is 11.8 Å². The molecule has 1 amide bonds. The Kier molecular flexibility index (Phi) is 3.56. The van der Waals surface area contributed by atoms with Gasteiger partial charge in [-0.05, 0) is 31.6 Å². The van der Waals surface area contributed by atoms with Gasteiger partial charge in [0.25, 0.3) is 0 Å². The molecule has 5 nitrogen and oxygen atoms in total. The van der Waals surface area contributed by atoms with Gasteiger partial charge in [-0.1, -0.05) is 0 Å². The van der Waals surface area contributed by atoms with Crippen molar-refractivity contribution in [2.24, 2.45) is 0 Å². The lowest BCUT2D eigenvalue weighted by atomic mass is 10.0. The fourth-order valence-electron chi connectivity index (χ4n) is 1.85. The zero-order chi connectivity index (χ0) is 13.2. The lowest BCUT2D eigenvalue weighted by Gasteiger charge is -2.21. The third kappa shape index (κ3) is 2.64. The molecule has 96 valence electrons. The van der Waals surface area contributed by atoms with Crippen LogP contribution in [0.3, 0.4) is 0 Å². The molecule has 0 aliphatic carbocycles. The molecule has 1 atom stereocenters. The number of pyridine rings is 1. The number of aromatic nitrogens is 1. The van der Waals surface area contributed by atoms with Crippen LogP contribution in [0.2, 0.25) is 0 Å². The van der Waals surface area contributed by atoms with Gasteiger partial charge in [-0.25, -0.2) is 4.79 Å². The maximum absolute atomic E-state index is 12.1. The van der Waals surface area contributed by atoms with E-state index in [4.69, 9.17) is 5.11 Å². The molecule has 0 saturated carbocycles. The Hall–Kier alpha value is -1.56. The minimum absolute atomic E-state index is 0.0667. The number of carbonyl (C=O) groups excluding carboxylic acids is 1. The van der Waals surface area contributed by atoms with Crippen LogP contribution >= 0.6 is 11.8 Å². The number of nitrogens with zero attached hydrogens (tertiary/aromatic N) is 1. The van der Waals surface area contributed by atoms with E-state index in [0.29, 0.717) is 5.69 Å². The molecule has 0 radical (unpaired) electrons. The van der Waals surface area contributed by atoms with Crippen molar-refractivity contribution in [1.82, 2.24) is 4.98 Å². The summed E-state index contributed by atoms with van der Waals surface area (Å²) in [5.41, 5.74) is 0.491. The molecule has 2 heterocycles. The second kappa shape index (κ2) is 4.97. The van der Waals surface area contributed by atoms with Gasteiger partial charge in [0.15, 0.2) is 0 Å². The summed E-state index contributed by atoms with van der Waals surface area (Å²) in [7, 11) is 0. The Morgan fingerprint density at radius 1 is 1.50 bits per heavy atom. The van der Waals surface area contributed by atoms with Gasteiger partial charge in [0.05, 0.1) is 22.2 Å². The summed E-state index contributed by atoms with van der Waals surface area (Å²) in [5.74, 6) is -0.161. The zero-order valence-electron chi connectivity index (χ0n) is 9.97. The van der Waals surface area contributed by atoms with E-state index in [9.17, 15) is 9.59 Å². The van der Waals surface area contributed by atoms with Crippen molar-refractivity contribution in [2.75, 3.05) is 11.1 Å². The molecular formula is C12H14N2O3S. The quantitative estimate of drug-likeness (QED) is 0.874. The summed E-state index contributed by atoms with van der Waals surface area (Å²) in [5, 5.41) is 11.6. The van der Waals surface area contributed by atoms with Crippen molar-refractivity contribution >= 4 is 29.3 Å². The van der Waals surface area contributed by atoms with E-state index < -0.39 is 10.7 Å². The van der Waals surface area contributed by atoms with Gasteiger partial charge in [0.2, 0.25) is 5.91 Å². The smallest absolute Gasteiger partial charge is 0.337 e. The zero-order valence-corrected chi connectivity index (χ0v) is 10.8. The van der Waals surface area contributed by atoms with Crippen molar-refractivity contribution in [3.8, 4) is 0 Å². The number of carboxylic acid groups (broad SMARTS) is 1. The van der Waals surface area contributed by atoms with Crippen LogP contribution in [0.5, 0.6) is 0 Å². The number of thioether (sulfide) groups is 1. The van der Waals surface area contributed by atoms with Crippen molar-refractivity contribution in [3.63, 3.8) is 0 Å². The number of amides is 1. The molecule has 18 heavy (non-hydrogen) atoms. The van der Waals surface area contributed by atoms with Gasteiger partial charge >= 0.3 is 5.97 Å². The van der Waals surface area contributed by atoms with E-state index in [2.05, 4.69) is 10.3 Å². The van der Waals surface area contributed by atoms with E-state index in [-0.39, 0.29) is 11.5 Å². The molecule has 1 aliphatic heterocycles. The number of carboxylic acids is 1.